The number of aliphatic hydroxyl groups is 2. The van der Waals surface area contributed by atoms with Crippen molar-refractivity contribution in [1.29, 1.82) is 0 Å². The van der Waals surface area contributed by atoms with Crippen LogP contribution in [0.3, 0.4) is 0 Å². The molecule has 0 aromatic heterocycles. The van der Waals surface area contributed by atoms with Gasteiger partial charge < -0.3 is 38.9 Å². The van der Waals surface area contributed by atoms with Gasteiger partial charge in [0.25, 0.3) is 5.69 Å². The Balaban J connectivity index is 1.76. The van der Waals surface area contributed by atoms with Gasteiger partial charge in [0, 0.05) is 44.2 Å². The molecule has 2 aliphatic carbocycles. The number of oxime groups is 1. The second kappa shape index (κ2) is 17.1. The van der Waals surface area contributed by atoms with Crippen molar-refractivity contribution < 1.29 is 43.7 Å². The summed E-state index contributed by atoms with van der Waals surface area (Å²) in [5.74, 6) is -0.754. The van der Waals surface area contributed by atoms with Crippen LogP contribution in [0.5, 0.6) is 17.2 Å². The van der Waals surface area contributed by atoms with Crippen molar-refractivity contribution >= 4 is 17.5 Å². The lowest BCUT2D eigenvalue weighted by Gasteiger charge is -2.59. The van der Waals surface area contributed by atoms with Crippen molar-refractivity contribution in [1.82, 2.24) is 4.90 Å². The van der Waals surface area contributed by atoms with Crippen LogP contribution in [0, 0.1) is 27.9 Å². The molecule has 1 heterocycles. The molecule has 288 valence electrons. The molecule has 53 heavy (non-hydrogen) atoms. The lowest BCUT2D eigenvalue weighted by molar-refractivity contribution is -0.384. The second-order valence-electron chi connectivity index (χ2n) is 14.9. The molecule has 0 radical (unpaired) electrons. The lowest BCUT2D eigenvalue weighted by atomic mass is 9.55. The number of ether oxygens (including phenoxy) is 4. The first-order valence-electron chi connectivity index (χ1n) is 18.4. The van der Waals surface area contributed by atoms with E-state index < -0.39 is 34.4 Å². The molecule has 0 bridgehead atoms. The normalized spacial score (nSPS) is 25.3. The van der Waals surface area contributed by atoms with E-state index in [2.05, 4.69) is 12.7 Å². The van der Waals surface area contributed by atoms with Crippen LogP contribution in [0.1, 0.15) is 77.2 Å². The van der Waals surface area contributed by atoms with E-state index in [1.54, 1.807) is 31.3 Å². The maximum absolute atomic E-state index is 13.3. The van der Waals surface area contributed by atoms with Crippen molar-refractivity contribution in [3.63, 3.8) is 0 Å². The number of rotatable bonds is 16. The van der Waals surface area contributed by atoms with Crippen molar-refractivity contribution in [2.24, 2.45) is 22.9 Å². The molecule has 13 heteroatoms. The Labute approximate surface area is 311 Å². The number of carbonyl (C=O) groups is 1. The first kappa shape index (κ1) is 39.7. The number of aliphatic hydroxyl groups excluding tert-OH is 2. The topological polar surface area (TPSA) is 162 Å². The number of allylic oxidation sites excluding steroid dienone is 1. The molecule has 1 saturated carbocycles. The van der Waals surface area contributed by atoms with E-state index in [9.17, 15) is 25.1 Å². The molecule has 1 aliphatic heterocycles. The highest BCUT2D eigenvalue weighted by Gasteiger charge is 2.65. The Bertz CT molecular complexity index is 1690. The Morgan fingerprint density at radius 2 is 1.83 bits per heavy atom. The van der Waals surface area contributed by atoms with E-state index in [0.717, 1.165) is 36.8 Å². The minimum absolute atomic E-state index is 0.0170. The van der Waals surface area contributed by atoms with Crippen LogP contribution in [0.25, 0.3) is 0 Å². The Morgan fingerprint density at radius 3 is 2.49 bits per heavy atom. The largest absolute Gasteiger partial charge is 0.459 e. The molecule has 6 atom stereocenters. The maximum Gasteiger partial charge on any atom is 0.409 e. The van der Waals surface area contributed by atoms with Crippen molar-refractivity contribution in [3.05, 3.63) is 82.4 Å². The van der Waals surface area contributed by atoms with Crippen molar-refractivity contribution in [2.45, 2.75) is 89.1 Å². The van der Waals surface area contributed by atoms with Gasteiger partial charge in [-0.15, -0.1) is 6.58 Å². The molecule has 0 spiro atoms. The van der Waals surface area contributed by atoms with Gasteiger partial charge in [-0.25, -0.2) is 4.79 Å². The third-order valence-corrected chi connectivity index (χ3v) is 10.3. The number of likely N-dealkylation sites (N-methyl/N-ethyl adjacent to an activating group) is 1. The Kier molecular flexibility index (Phi) is 12.8. The first-order valence-corrected chi connectivity index (χ1v) is 18.4. The van der Waals surface area contributed by atoms with Crippen LogP contribution < -0.4 is 9.47 Å². The summed E-state index contributed by atoms with van der Waals surface area (Å²) in [6.45, 7) is 9.98. The van der Waals surface area contributed by atoms with Gasteiger partial charge >= 0.3 is 6.09 Å². The highest BCUT2D eigenvalue weighted by atomic mass is 16.7. The zero-order valence-corrected chi connectivity index (χ0v) is 31.4. The standard InChI is InChI=1S/C40H53N3O10/c1-7-21-50-40-35(42(5)38(46)49-6)25-33(41-53-39(2,3)4)31-22-26(13-8-10-19-44)30(16-9-11-20-45)36(37(31)40)32-24-29(17-18-34(32)52-40)51-28-15-12-14-27(23-28)43(47)48/h7,12,14-15,17-18,22-24,26,30,35-37,44-45H,1,8-11,13,16,19-21,25H2,2-6H3/t26-,30+,35-,36+,37+,40+/m0/s1. The molecule has 0 unspecified atom stereocenters. The highest BCUT2D eigenvalue weighted by Crippen LogP contribution is 2.62. The van der Waals surface area contributed by atoms with Gasteiger partial charge in [0.1, 0.15) is 28.9 Å². The van der Waals surface area contributed by atoms with E-state index in [0.29, 0.717) is 35.8 Å². The third-order valence-electron chi connectivity index (χ3n) is 10.3. The number of benzene rings is 2. The van der Waals surface area contributed by atoms with Gasteiger partial charge in [-0.3, -0.25) is 10.1 Å². The molecule has 1 fully saturated rings. The van der Waals surface area contributed by atoms with E-state index >= 15 is 0 Å². The number of amides is 1. The van der Waals surface area contributed by atoms with E-state index in [1.165, 1.54) is 24.1 Å². The summed E-state index contributed by atoms with van der Waals surface area (Å²) in [7, 11) is 3.00. The number of nitro benzene ring substituents is 1. The number of non-ortho nitro benzene ring substituents is 1. The minimum Gasteiger partial charge on any atom is -0.459 e. The average Bonchev–Trinajstić information content (AvgIpc) is 3.13. The molecule has 0 saturated heterocycles. The lowest BCUT2D eigenvalue weighted by Crippen LogP contribution is -2.69. The van der Waals surface area contributed by atoms with Crippen molar-refractivity contribution in [2.75, 3.05) is 34.0 Å². The number of fused-ring (bicyclic) bond motifs is 2. The smallest absolute Gasteiger partial charge is 0.409 e. The third kappa shape index (κ3) is 8.69. The minimum atomic E-state index is -1.41. The molecular formula is C40H53N3O10. The maximum atomic E-state index is 13.3. The highest BCUT2D eigenvalue weighted by molar-refractivity contribution is 6.03. The molecule has 2 aromatic carbocycles. The van der Waals surface area contributed by atoms with Crippen LogP contribution in [-0.2, 0) is 14.3 Å². The summed E-state index contributed by atoms with van der Waals surface area (Å²) < 4.78 is 25.4. The quantitative estimate of drug-likeness (QED) is 0.0763. The summed E-state index contributed by atoms with van der Waals surface area (Å²) in [5.41, 5.74) is 1.75. The first-order chi connectivity index (χ1) is 25.4. The molecule has 3 aliphatic rings. The number of nitro groups is 1. The molecule has 2 aromatic rings. The van der Waals surface area contributed by atoms with Crippen LogP contribution >= 0.6 is 0 Å². The zero-order chi connectivity index (χ0) is 38.3. The van der Waals surface area contributed by atoms with Gasteiger partial charge in [-0.2, -0.15) is 0 Å². The molecule has 2 N–H and O–H groups in total. The molecule has 13 nitrogen and oxygen atoms in total. The summed E-state index contributed by atoms with van der Waals surface area (Å²) in [5, 5.41) is 35.8. The number of methoxy groups -OCH3 is 1. The fourth-order valence-electron chi connectivity index (χ4n) is 8.05. The Hall–Kier alpha value is -4.46. The zero-order valence-electron chi connectivity index (χ0n) is 31.4. The molecule has 5 rings (SSSR count). The summed E-state index contributed by atoms with van der Waals surface area (Å²) in [6.07, 6.45) is 8.03. The number of hydrogen-bond donors (Lipinski definition) is 2. The summed E-state index contributed by atoms with van der Waals surface area (Å²) >= 11 is 0. The van der Waals surface area contributed by atoms with E-state index in [4.69, 9.17) is 28.9 Å². The monoisotopic (exact) mass is 735 g/mol. The van der Waals surface area contributed by atoms with Crippen LogP contribution in [0.2, 0.25) is 0 Å². The van der Waals surface area contributed by atoms with E-state index in [-0.39, 0.29) is 49.7 Å². The summed E-state index contributed by atoms with van der Waals surface area (Å²) in [6, 6.07) is 10.8. The second-order valence-corrected chi connectivity index (χ2v) is 14.9. The van der Waals surface area contributed by atoms with Crippen LogP contribution in [0.4, 0.5) is 10.5 Å². The van der Waals surface area contributed by atoms with Gasteiger partial charge in [0.05, 0.1) is 36.3 Å². The van der Waals surface area contributed by atoms with Crippen LogP contribution in [-0.4, -0.2) is 83.2 Å². The number of unbranched alkanes of at least 4 members (excludes halogenated alkanes) is 2. The fourth-order valence-corrected chi connectivity index (χ4v) is 8.05. The average molecular weight is 736 g/mol. The SMILES string of the molecule is C=CCO[C@@]12Oc3ccc(Oc4cccc([N+](=O)[O-])c4)cc3[C@H]3[C@H](CCCCO)[C@@H](CCCCO)C=C(C(=NOC(C)(C)C)C[C@@H]1N(C)C(=O)OC)[C@H]32. The fraction of sp³-hybridized carbons (Fsp3) is 0.550. The number of carbonyl (C=O) groups excluding carboxylic acids is 1. The van der Waals surface area contributed by atoms with Crippen molar-refractivity contribution in [3.8, 4) is 17.2 Å². The molecular weight excluding hydrogens is 682 g/mol. The van der Waals surface area contributed by atoms with Gasteiger partial charge in [-0.1, -0.05) is 36.2 Å². The Morgan fingerprint density at radius 1 is 1.11 bits per heavy atom. The van der Waals surface area contributed by atoms with Crippen LogP contribution in [0.15, 0.2) is 71.9 Å². The predicted molar refractivity (Wildman–Crippen MR) is 199 cm³/mol. The van der Waals surface area contributed by atoms with Gasteiger partial charge in [0.2, 0.25) is 5.79 Å². The van der Waals surface area contributed by atoms with E-state index in [1.807, 2.05) is 32.9 Å². The van der Waals surface area contributed by atoms with Gasteiger partial charge in [-0.05, 0) is 88.1 Å². The number of hydrogen-bond acceptors (Lipinski definition) is 11. The number of nitrogens with zero attached hydrogens (tertiary/aromatic N) is 3. The van der Waals surface area contributed by atoms with Gasteiger partial charge in [0.15, 0.2) is 0 Å². The summed E-state index contributed by atoms with van der Waals surface area (Å²) in [4.78, 5) is 32.0. The molecule has 1 amide bonds. The predicted octanol–water partition coefficient (Wildman–Crippen LogP) is 7.52.